The molecule has 47 heavy (non-hydrogen) atoms. The van der Waals surface area contributed by atoms with Crippen LogP contribution in [0.3, 0.4) is 0 Å². The second kappa shape index (κ2) is 22.0. The SMILES string of the molecule is NCCCC[C@H](NC(=O)[C@H](CC(=O)O)NC(=O)[C@H](Cc1ccccc1)NC(=O)[C@H](CCCCN)NC(=O)[C@@H](N)CCC(=O)O)C(=O)O. The minimum atomic E-state index is -1.70. The molecule has 0 saturated heterocycles. The molecule has 17 nitrogen and oxygen atoms in total. The Kier molecular flexibility index (Phi) is 18.9. The van der Waals surface area contributed by atoms with E-state index in [1.165, 1.54) is 0 Å². The van der Waals surface area contributed by atoms with Gasteiger partial charge in [0.25, 0.3) is 0 Å². The van der Waals surface area contributed by atoms with Crippen LogP contribution in [0, 0.1) is 0 Å². The summed E-state index contributed by atoms with van der Waals surface area (Å²) in [5, 5.41) is 37.5. The first-order valence-corrected chi connectivity index (χ1v) is 15.4. The number of amides is 4. The van der Waals surface area contributed by atoms with Crippen LogP contribution in [0.1, 0.15) is 63.4 Å². The quantitative estimate of drug-likeness (QED) is 0.0545. The first kappa shape index (κ1) is 40.4. The van der Waals surface area contributed by atoms with Gasteiger partial charge in [0.2, 0.25) is 23.6 Å². The molecule has 1 aromatic carbocycles. The molecule has 0 spiro atoms. The second-order valence-electron chi connectivity index (χ2n) is 11.0. The van der Waals surface area contributed by atoms with E-state index in [1.807, 2.05) is 0 Å². The van der Waals surface area contributed by atoms with Gasteiger partial charge in [-0.25, -0.2) is 4.79 Å². The fourth-order valence-electron chi connectivity index (χ4n) is 4.46. The monoisotopic (exact) mass is 665 g/mol. The number of carbonyl (C=O) groups excluding carboxylic acids is 4. The van der Waals surface area contributed by atoms with Gasteiger partial charge in [-0.05, 0) is 63.6 Å². The van der Waals surface area contributed by atoms with E-state index >= 15 is 0 Å². The Balaban J connectivity index is 3.25. The van der Waals surface area contributed by atoms with E-state index in [0.717, 1.165) is 0 Å². The maximum Gasteiger partial charge on any atom is 0.326 e. The average Bonchev–Trinajstić information content (AvgIpc) is 3.02. The summed E-state index contributed by atoms with van der Waals surface area (Å²) in [6.07, 6.45) is 0.383. The minimum absolute atomic E-state index is 0.0237. The predicted octanol–water partition coefficient (Wildman–Crippen LogP) is -1.82. The minimum Gasteiger partial charge on any atom is -0.481 e. The van der Waals surface area contributed by atoms with E-state index in [-0.39, 0.29) is 32.1 Å². The van der Waals surface area contributed by atoms with Crippen molar-refractivity contribution < 1.29 is 48.9 Å². The zero-order chi connectivity index (χ0) is 35.4. The molecule has 262 valence electrons. The fraction of sp³-hybridized carbons (Fsp3) is 0.567. The number of carboxylic acids is 3. The Morgan fingerprint density at radius 3 is 1.62 bits per heavy atom. The second-order valence-corrected chi connectivity index (χ2v) is 11.0. The molecule has 0 saturated carbocycles. The van der Waals surface area contributed by atoms with Crippen LogP contribution in [0.5, 0.6) is 0 Å². The van der Waals surface area contributed by atoms with E-state index in [0.29, 0.717) is 44.3 Å². The van der Waals surface area contributed by atoms with Crippen LogP contribution in [0.2, 0.25) is 0 Å². The van der Waals surface area contributed by atoms with Gasteiger partial charge in [0, 0.05) is 12.8 Å². The third-order valence-corrected chi connectivity index (χ3v) is 7.07. The van der Waals surface area contributed by atoms with E-state index < -0.39 is 78.2 Å². The molecule has 1 rings (SSSR count). The van der Waals surface area contributed by atoms with E-state index in [4.69, 9.17) is 22.3 Å². The van der Waals surface area contributed by atoms with Crippen molar-refractivity contribution in [2.24, 2.45) is 17.2 Å². The number of carbonyl (C=O) groups is 7. The zero-order valence-electron chi connectivity index (χ0n) is 26.2. The summed E-state index contributed by atoms with van der Waals surface area (Å²) >= 11 is 0. The molecule has 0 aliphatic heterocycles. The number of hydrogen-bond acceptors (Lipinski definition) is 10. The summed E-state index contributed by atoms with van der Waals surface area (Å²) < 4.78 is 0. The van der Waals surface area contributed by atoms with Gasteiger partial charge >= 0.3 is 17.9 Å². The van der Waals surface area contributed by atoms with Crippen LogP contribution < -0.4 is 38.5 Å². The highest BCUT2D eigenvalue weighted by molar-refractivity contribution is 5.96. The van der Waals surface area contributed by atoms with Crippen LogP contribution in [0.4, 0.5) is 0 Å². The van der Waals surface area contributed by atoms with Crippen molar-refractivity contribution >= 4 is 41.5 Å². The van der Waals surface area contributed by atoms with Crippen LogP contribution >= 0.6 is 0 Å². The van der Waals surface area contributed by atoms with Crippen LogP contribution in [0.25, 0.3) is 0 Å². The molecule has 17 heteroatoms. The van der Waals surface area contributed by atoms with Gasteiger partial charge < -0.3 is 53.8 Å². The number of aliphatic carboxylic acids is 3. The topological polar surface area (TPSA) is 306 Å². The molecular weight excluding hydrogens is 618 g/mol. The summed E-state index contributed by atoms with van der Waals surface area (Å²) in [7, 11) is 0. The number of nitrogens with two attached hydrogens (primary N) is 3. The van der Waals surface area contributed by atoms with Crippen molar-refractivity contribution in [1.82, 2.24) is 21.3 Å². The van der Waals surface area contributed by atoms with Gasteiger partial charge in [-0.1, -0.05) is 30.3 Å². The van der Waals surface area contributed by atoms with Crippen molar-refractivity contribution in [3.63, 3.8) is 0 Å². The highest BCUT2D eigenvalue weighted by Crippen LogP contribution is 2.09. The molecule has 0 radical (unpaired) electrons. The Labute approximate surface area is 272 Å². The summed E-state index contributed by atoms with van der Waals surface area (Å²) in [5.74, 6) is -7.51. The molecule has 5 atom stereocenters. The molecule has 0 aliphatic carbocycles. The van der Waals surface area contributed by atoms with Gasteiger partial charge in [0.05, 0.1) is 12.5 Å². The zero-order valence-corrected chi connectivity index (χ0v) is 26.2. The van der Waals surface area contributed by atoms with Gasteiger partial charge in [0.1, 0.15) is 24.2 Å². The molecular formula is C30H47N7O10. The molecule has 0 aliphatic rings. The molecule has 13 N–H and O–H groups in total. The first-order valence-electron chi connectivity index (χ1n) is 15.4. The average molecular weight is 666 g/mol. The number of nitrogens with one attached hydrogen (secondary N) is 4. The van der Waals surface area contributed by atoms with Crippen molar-refractivity contribution in [3.05, 3.63) is 35.9 Å². The largest absolute Gasteiger partial charge is 0.481 e. The van der Waals surface area contributed by atoms with Gasteiger partial charge in [-0.15, -0.1) is 0 Å². The lowest BCUT2D eigenvalue weighted by Gasteiger charge is -2.26. The van der Waals surface area contributed by atoms with Crippen molar-refractivity contribution in [2.45, 2.75) is 94.4 Å². The molecule has 4 amide bonds. The van der Waals surface area contributed by atoms with Gasteiger partial charge in [-0.3, -0.25) is 28.8 Å². The lowest BCUT2D eigenvalue weighted by Crippen LogP contribution is -2.59. The number of hydrogen-bond donors (Lipinski definition) is 10. The maximum atomic E-state index is 13.6. The molecule has 1 aromatic rings. The summed E-state index contributed by atoms with van der Waals surface area (Å²) in [5.41, 5.74) is 17.4. The highest BCUT2D eigenvalue weighted by Gasteiger charge is 2.33. The normalized spacial score (nSPS) is 14.0. The summed E-state index contributed by atoms with van der Waals surface area (Å²) in [6.45, 7) is 0.615. The number of rotatable bonds is 24. The summed E-state index contributed by atoms with van der Waals surface area (Å²) in [4.78, 5) is 87.0. The lowest BCUT2D eigenvalue weighted by molar-refractivity contribution is -0.144. The third kappa shape index (κ3) is 16.5. The van der Waals surface area contributed by atoms with Crippen molar-refractivity contribution in [1.29, 1.82) is 0 Å². The first-order chi connectivity index (χ1) is 22.3. The van der Waals surface area contributed by atoms with Gasteiger partial charge in [-0.2, -0.15) is 0 Å². The molecule has 0 bridgehead atoms. The molecule has 0 unspecified atom stereocenters. The third-order valence-electron chi connectivity index (χ3n) is 7.07. The molecule has 0 aromatic heterocycles. The standard InChI is InChI=1S/C30H47N7O10/c31-14-6-4-10-20(34-26(42)19(33)12-13-24(38)39)27(43)36-22(16-18-8-2-1-3-9-18)28(44)37-23(17-25(40)41)29(45)35-21(30(46)47)11-5-7-15-32/h1-3,8-9,19-23H,4-7,10-17,31-33H2,(H,34,42)(H,35,45)(H,36,43)(H,37,44)(H,38,39)(H,40,41)(H,46,47)/t19-,20-,21-,22-,23-/m0/s1. The number of benzene rings is 1. The Morgan fingerprint density at radius 1 is 0.596 bits per heavy atom. The van der Waals surface area contributed by atoms with Crippen LogP contribution in [0.15, 0.2) is 30.3 Å². The number of carboxylic acid groups (broad SMARTS) is 3. The van der Waals surface area contributed by atoms with Gasteiger partial charge in [0.15, 0.2) is 0 Å². The smallest absolute Gasteiger partial charge is 0.326 e. The van der Waals surface area contributed by atoms with E-state index in [9.17, 15) is 43.8 Å². The lowest BCUT2D eigenvalue weighted by atomic mass is 10.0. The Hall–Kier alpha value is -4.61. The predicted molar refractivity (Wildman–Crippen MR) is 168 cm³/mol. The Morgan fingerprint density at radius 2 is 1.09 bits per heavy atom. The molecule has 0 fully saturated rings. The maximum absolute atomic E-state index is 13.6. The Bertz CT molecular complexity index is 1200. The number of unbranched alkanes of at least 4 members (excludes halogenated alkanes) is 2. The van der Waals surface area contributed by atoms with E-state index in [2.05, 4.69) is 21.3 Å². The highest BCUT2D eigenvalue weighted by atomic mass is 16.4. The summed E-state index contributed by atoms with van der Waals surface area (Å²) in [6, 6.07) is 1.62. The van der Waals surface area contributed by atoms with E-state index in [1.54, 1.807) is 30.3 Å². The van der Waals surface area contributed by atoms with Crippen LogP contribution in [-0.2, 0) is 40.0 Å². The fourth-order valence-corrected chi connectivity index (χ4v) is 4.46. The van der Waals surface area contributed by atoms with Crippen molar-refractivity contribution in [2.75, 3.05) is 13.1 Å². The van der Waals surface area contributed by atoms with Crippen molar-refractivity contribution in [3.8, 4) is 0 Å². The molecule has 0 heterocycles. The van der Waals surface area contributed by atoms with Crippen LogP contribution in [-0.4, -0.2) is 100 Å².